The number of benzene rings is 2. The third-order valence-corrected chi connectivity index (χ3v) is 9.85. The van der Waals surface area contributed by atoms with Crippen molar-refractivity contribution in [3.8, 4) is 5.75 Å². The average molecular weight is 599 g/mol. The van der Waals surface area contributed by atoms with Crippen LogP contribution in [0, 0.1) is 11.8 Å². The van der Waals surface area contributed by atoms with Crippen LogP contribution in [0.15, 0.2) is 42.5 Å². The largest absolute Gasteiger partial charge is 0.426 e. The van der Waals surface area contributed by atoms with E-state index in [1.807, 2.05) is 0 Å². The molecule has 6 nitrogen and oxygen atoms in total. The van der Waals surface area contributed by atoms with Crippen LogP contribution in [-0.2, 0) is 16.0 Å². The minimum absolute atomic E-state index is 0. The highest BCUT2D eigenvalue weighted by Gasteiger charge is 2.47. The molecule has 0 aromatic heterocycles. The van der Waals surface area contributed by atoms with Gasteiger partial charge in [-0.05, 0) is 111 Å². The normalized spacial score (nSPS) is 24.0. The second kappa shape index (κ2) is 15.1. The van der Waals surface area contributed by atoms with Crippen LogP contribution in [0.2, 0.25) is 0 Å². The van der Waals surface area contributed by atoms with Crippen molar-refractivity contribution in [1.29, 1.82) is 0 Å². The van der Waals surface area contributed by atoms with E-state index in [-0.39, 0.29) is 48.3 Å². The van der Waals surface area contributed by atoms with Crippen LogP contribution < -0.4 is 10.1 Å². The zero-order valence-corrected chi connectivity index (χ0v) is 26.6. The summed E-state index contributed by atoms with van der Waals surface area (Å²) in [5.74, 6) is 1.75. The average Bonchev–Trinajstić information content (AvgIpc) is 2.98. The molecular weight excluding hydrogens is 548 g/mol. The molecule has 1 aliphatic carbocycles. The topological polar surface area (TPSA) is 71.0 Å². The number of ether oxygens (including phenoxy) is 2. The van der Waals surface area contributed by atoms with Crippen LogP contribution in [0.4, 0.5) is 5.69 Å². The van der Waals surface area contributed by atoms with Gasteiger partial charge in [-0.15, -0.1) is 12.4 Å². The van der Waals surface area contributed by atoms with Gasteiger partial charge in [0.1, 0.15) is 5.75 Å². The lowest BCUT2D eigenvalue weighted by atomic mass is 9.60. The zero-order chi connectivity index (χ0) is 28.8. The van der Waals surface area contributed by atoms with Crippen LogP contribution in [0.3, 0.4) is 0 Å². The highest BCUT2D eigenvalue weighted by molar-refractivity contribution is 5.85. The van der Waals surface area contributed by atoms with Crippen molar-refractivity contribution in [2.75, 3.05) is 44.8 Å². The number of aliphatic hydroxyl groups is 1. The summed E-state index contributed by atoms with van der Waals surface area (Å²) in [5.41, 5.74) is 4.77. The Balaban J connectivity index is 0.00000405. The van der Waals surface area contributed by atoms with E-state index in [2.05, 4.69) is 73.5 Å². The summed E-state index contributed by atoms with van der Waals surface area (Å²) in [6.45, 7) is 11.4. The summed E-state index contributed by atoms with van der Waals surface area (Å²) in [6.07, 6.45) is 7.67. The summed E-state index contributed by atoms with van der Waals surface area (Å²) in [5, 5.41) is 14.2. The number of hydrogen-bond acceptors (Lipinski definition) is 6. The molecule has 2 heterocycles. The Hall–Kier alpha value is -2.12. The molecule has 5 rings (SSSR count). The number of anilines is 1. The van der Waals surface area contributed by atoms with Crippen LogP contribution in [0.25, 0.3) is 0 Å². The first kappa shape index (κ1) is 32.8. The highest BCUT2D eigenvalue weighted by Crippen LogP contribution is 2.54. The molecular formula is C35H51ClN2O4. The predicted molar refractivity (Wildman–Crippen MR) is 172 cm³/mol. The second-order valence-electron chi connectivity index (χ2n) is 13.1. The summed E-state index contributed by atoms with van der Waals surface area (Å²) in [4.78, 5) is 15.5. The third kappa shape index (κ3) is 7.88. The van der Waals surface area contributed by atoms with Crippen molar-refractivity contribution in [3.05, 3.63) is 59.2 Å². The Morgan fingerprint density at radius 1 is 1.14 bits per heavy atom. The first-order valence-electron chi connectivity index (χ1n) is 16.0. The van der Waals surface area contributed by atoms with E-state index in [4.69, 9.17) is 9.47 Å². The maximum Gasteiger partial charge on any atom is 0.311 e. The van der Waals surface area contributed by atoms with Gasteiger partial charge in [-0.25, -0.2) is 0 Å². The minimum atomic E-state index is -0.154. The monoisotopic (exact) mass is 598 g/mol. The molecule has 2 fully saturated rings. The lowest BCUT2D eigenvalue weighted by Crippen LogP contribution is -2.50. The zero-order valence-electron chi connectivity index (χ0n) is 25.8. The number of halogens is 1. The SMILES string of the molecule is CC(CCCc1ccccc1)c1cc2c(cc1OC(=O)CCCN1CCOCC1)C1C(CO)CCCC1C(C)(C)N2.Cl. The van der Waals surface area contributed by atoms with Gasteiger partial charge in [-0.3, -0.25) is 9.69 Å². The van der Waals surface area contributed by atoms with Crippen LogP contribution in [0.5, 0.6) is 5.75 Å². The Morgan fingerprint density at radius 2 is 1.90 bits per heavy atom. The number of hydrogen-bond donors (Lipinski definition) is 2. The van der Waals surface area contributed by atoms with E-state index in [1.165, 1.54) is 11.1 Å². The van der Waals surface area contributed by atoms with Gasteiger partial charge in [0.25, 0.3) is 0 Å². The van der Waals surface area contributed by atoms with E-state index >= 15 is 0 Å². The fraction of sp³-hybridized carbons (Fsp3) is 0.629. The fourth-order valence-corrected chi connectivity index (χ4v) is 7.54. The molecule has 0 amide bonds. The van der Waals surface area contributed by atoms with Gasteiger partial charge in [0.15, 0.2) is 0 Å². The molecule has 42 heavy (non-hydrogen) atoms. The molecule has 4 atom stereocenters. The molecule has 4 unspecified atom stereocenters. The van der Waals surface area contributed by atoms with Gasteiger partial charge < -0.3 is 19.9 Å². The molecule has 3 aliphatic rings. The Bertz CT molecular complexity index is 1150. The number of nitrogens with zero attached hydrogens (tertiary/aromatic N) is 1. The van der Waals surface area contributed by atoms with Crippen molar-refractivity contribution in [3.63, 3.8) is 0 Å². The Morgan fingerprint density at radius 3 is 2.64 bits per heavy atom. The number of morpholine rings is 1. The molecule has 0 spiro atoms. The lowest BCUT2D eigenvalue weighted by molar-refractivity contribution is -0.134. The van der Waals surface area contributed by atoms with Gasteiger partial charge in [-0.2, -0.15) is 0 Å². The molecule has 232 valence electrons. The second-order valence-corrected chi connectivity index (χ2v) is 13.1. The fourth-order valence-electron chi connectivity index (χ4n) is 7.54. The number of carbonyl (C=O) groups excluding carboxylic acids is 1. The smallest absolute Gasteiger partial charge is 0.311 e. The number of nitrogens with one attached hydrogen (secondary N) is 1. The van der Waals surface area contributed by atoms with E-state index in [0.717, 1.165) is 94.8 Å². The summed E-state index contributed by atoms with van der Waals surface area (Å²) < 4.78 is 11.7. The number of rotatable bonds is 11. The van der Waals surface area contributed by atoms with Crippen LogP contribution in [-0.4, -0.2) is 61.0 Å². The van der Waals surface area contributed by atoms with Gasteiger partial charge in [0.2, 0.25) is 0 Å². The van der Waals surface area contributed by atoms with E-state index in [1.54, 1.807) is 0 Å². The van der Waals surface area contributed by atoms with Crippen molar-refractivity contribution in [1.82, 2.24) is 4.90 Å². The molecule has 0 bridgehead atoms. The van der Waals surface area contributed by atoms with Crippen molar-refractivity contribution >= 4 is 24.1 Å². The number of aliphatic hydroxyl groups excluding tert-OH is 1. The standard InChI is InChI=1S/C35H50N2O4.ClH/c1-25(10-7-13-26-11-5-4-6-12-26)28-22-31-29(34-27(24-38)14-8-15-30(34)35(2,3)36-31)23-32(28)41-33(39)16-9-17-37-18-20-40-21-19-37;/h4-6,11-12,22-23,25,27,30,34,36,38H,7-10,13-21,24H2,1-3H3;1H. The van der Waals surface area contributed by atoms with Crippen LogP contribution in [0.1, 0.15) is 94.2 Å². The van der Waals surface area contributed by atoms with E-state index in [9.17, 15) is 9.90 Å². The molecule has 2 N–H and O–H groups in total. The first-order chi connectivity index (χ1) is 19.9. The van der Waals surface area contributed by atoms with Gasteiger partial charge in [-0.1, -0.05) is 43.7 Å². The maximum atomic E-state index is 13.2. The van der Waals surface area contributed by atoms with Crippen molar-refractivity contribution in [2.24, 2.45) is 11.8 Å². The van der Waals surface area contributed by atoms with Crippen molar-refractivity contribution < 1.29 is 19.4 Å². The Kier molecular flexibility index (Phi) is 11.8. The van der Waals surface area contributed by atoms with E-state index in [0.29, 0.717) is 12.3 Å². The molecule has 2 aromatic rings. The number of fused-ring (bicyclic) bond motifs is 3. The molecule has 7 heteroatoms. The number of carbonyl (C=O) groups is 1. The quantitative estimate of drug-likeness (QED) is 0.215. The van der Waals surface area contributed by atoms with Gasteiger partial charge >= 0.3 is 5.97 Å². The predicted octanol–water partition coefficient (Wildman–Crippen LogP) is 6.95. The number of esters is 1. The third-order valence-electron chi connectivity index (χ3n) is 9.85. The summed E-state index contributed by atoms with van der Waals surface area (Å²) in [6, 6.07) is 15.1. The molecule has 2 aliphatic heterocycles. The Labute approximate surface area is 259 Å². The lowest BCUT2D eigenvalue weighted by Gasteiger charge is -2.51. The van der Waals surface area contributed by atoms with E-state index < -0.39 is 0 Å². The first-order valence-corrected chi connectivity index (χ1v) is 16.0. The molecule has 0 radical (unpaired) electrons. The molecule has 1 saturated carbocycles. The highest BCUT2D eigenvalue weighted by atomic mass is 35.5. The molecule has 1 saturated heterocycles. The summed E-state index contributed by atoms with van der Waals surface area (Å²) in [7, 11) is 0. The molecule has 2 aromatic carbocycles. The summed E-state index contributed by atoms with van der Waals surface area (Å²) >= 11 is 0. The van der Waals surface area contributed by atoms with Crippen LogP contribution >= 0.6 is 12.4 Å². The minimum Gasteiger partial charge on any atom is -0.426 e. The van der Waals surface area contributed by atoms with Crippen molar-refractivity contribution in [2.45, 2.75) is 89.5 Å². The number of aryl methyl sites for hydroxylation is 1. The van der Waals surface area contributed by atoms with Gasteiger partial charge in [0, 0.05) is 37.3 Å². The van der Waals surface area contributed by atoms with Gasteiger partial charge in [0.05, 0.1) is 13.2 Å². The maximum absolute atomic E-state index is 13.2.